The average Bonchev–Trinajstić information content (AvgIpc) is 2.99. The van der Waals surface area contributed by atoms with E-state index in [1.54, 1.807) is 14.2 Å². The van der Waals surface area contributed by atoms with Gasteiger partial charge in [0, 0.05) is 12.1 Å². The second kappa shape index (κ2) is 7.76. The molecule has 4 nitrogen and oxygen atoms in total. The van der Waals surface area contributed by atoms with E-state index >= 15 is 0 Å². The Morgan fingerprint density at radius 2 is 2.25 bits per heavy atom. The van der Waals surface area contributed by atoms with E-state index < -0.39 is 6.10 Å². The summed E-state index contributed by atoms with van der Waals surface area (Å²) < 4.78 is 10.5. The number of hydrogen-bond donors (Lipinski definition) is 2. The minimum Gasteiger partial charge on any atom is -0.497 e. The van der Waals surface area contributed by atoms with Crippen LogP contribution in [0.3, 0.4) is 0 Å². The highest BCUT2D eigenvalue weighted by molar-refractivity contribution is 7.99. The molecule has 2 atom stereocenters. The highest BCUT2D eigenvalue weighted by atomic mass is 32.2. The van der Waals surface area contributed by atoms with Gasteiger partial charge in [0.15, 0.2) is 0 Å². The quantitative estimate of drug-likeness (QED) is 0.807. The molecule has 1 aromatic carbocycles. The summed E-state index contributed by atoms with van der Waals surface area (Å²) in [5, 5.41) is 13.7. The molecule has 0 bridgehead atoms. The monoisotopic (exact) mass is 297 g/mol. The molecule has 5 heteroatoms. The maximum atomic E-state index is 10.3. The summed E-state index contributed by atoms with van der Waals surface area (Å²) >= 11 is 2.01. The van der Waals surface area contributed by atoms with Crippen LogP contribution in [0.15, 0.2) is 18.2 Å². The third kappa shape index (κ3) is 4.04. The third-order valence-corrected chi connectivity index (χ3v) is 4.82. The van der Waals surface area contributed by atoms with Gasteiger partial charge in [-0.05, 0) is 48.6 Å². The number of methoxy groups -OCH3 is 2. The van der Waals surface area contributed by atoms with Crippen LogP contribution in [0.1, 0.15) is 18.1 Å². The maximum Gasteiger partial charge on any atom is 0.124 e. The van der Waals surface area contributed by atoms with Crippen LogP contribution in [0.2, 0.25) is 0 Å². The molecule has 1 heterocycles. The molecule has 0 spiro atoms. The Hall–Kier alpha value is -0.910. The first-order valence-electron chi connectivity index (χ1n) is 6.93. The number of thioether (sulfide) groups is 1. The predicted molar refractivity (Wildman–Crippen MR) is 82.8 cm³/mol. The molecule has 0 amide bonds. The lowest BCUT2D eigenvalue weighted by molar-refractivity contribution is 0.168. The van der Waals surface area contributed by atoms with Gasteiger partial charge in [0.2, 0.25) is 0 Å². The molecular weight excluding hydrogens is 274 g/mol. The lowest BCUT2D eigenvalue weighted by Crippen LogP contribution is -2.27. The molecule has 1 aromatic rings. The molecule has 2 N–H and O–H groups in total. The van der Waals surface area contributed by atoms with Gasteiger partial charge in [0.05, 0.1) is 20.3 Å². The number of nitrogens with one attached hydrogen (secondary N) is 1. The standard InChI is InChI=1S/C15H23NO3S/c1-18-12-3-4-15(19-2)13(7-12)14(17)9-16-8-11-5-6-20-10-11/h3-4,7,11,14,16-17H,5-6,8-10H2,1-2H3. The molecular formula is C15H23NO3S. The summed E-state index contributed by atoms with van der Waals surface area (Å²) in [4.78, 5) is 0. The van der Waals surface area contributed by atoms with Gasteiger partial charge in [-0.2, -0.15) is 11.8 Å². The van der Waals surface area contributed by atoms with E-state index in [0.29, 0.717) is 12.3 Å². The molecule has 2 rings (SSSR count). The first-order chi connectivity index (χ1) is 9.74. The zero-order valence-corrected chi connectivity index (χ0v) is 12.9. The van der Waals surface area contributed by atoms with Crippen molar-refractivity contribution >= 4 is 11.8 Å². The summed E-state index contributed by atoms with van der Waals surface area (Å²) in [6.07, 6.45) is 0.685. The molecule has 0 radical (unpaired) electrons. The van der Waals surface area contributed by atoms with Crippen molar-refractivity contribution in [2.24, 2.45) is 5.92 Å². The summed E-state index contributed by atoms with van der Waals surface area (Å²) in [5.41, 5.74) is 0.764. The van der Waals surface area contributed by atoms with Crippen molar-refractivity contribution in [2.45, 2.75) is 12.5 Å². The zero-order valence-electron chi connectivity index (χ0n) is 12.1. The van der Waals surface area contributed by atoms with E-state index in [0.717, 1.165) is 23.8 Å². The first kappa shape index (κ1) is 15.5. The fraction of sp³-hybridized carbons (Fsp3) is 0.600. The number of aliphatic hydroxyl groups excluding tert-OH is 1. The van der Waals surface area contributed by atoms with Crippen molar-refractivity contribution < 1.29 is 14.6 Å². The van der Waals surface area contributed by atoms with Crippen LogP contribution >= 0.6 is 11.8 Å². The Bertz CT molecular complexity index is 422. The van der Waals surface area contributed by atoms with Crippen LogP contribution in [0.25, 0.3) is 0 Å². The molecule has 1 aliphatic heterocycles. The molecule has 1 saturated heterocycles. The topological polar surface area (TPSA) is 50.7 Å². The van der Waals surface area contributed by atoms with Gasteiger partial charge >= 0.3 is 0 Å². The Morgan fingerprint density at radius 3 is 2.90 bits per heavy atom. The summed E-state index contributed by atoms with van der Waals surface area (Å²) in [7, 11) is 3.23. The van der Waals surface area contributed by atoms with E-state index in [2.05, 4.69) is 5.32 Å². The van der Waals surface area contributed by atoms with Crippen LogP contribution in [-0.4, -0.2) is 43.9 Å². The predicted octanol–water partition coefficient (Wildman–Crippen LogP) is 2.08. The lowest BCUT2D eigenvalue weighted by atomic mass is 10.1. The summed E-state index contributed by atoms with van der Waals surface area (Å²) in [6.45, 7) is 1.50. The Balaban J connectivity index is 1.91. The van der Waals surface area contributed by atoms with E-state index in [-0.39, 0.29) is 0 Å². The van der Waals surface area contributed by atoms with Crippen LogP contribution < -0.4 is 14.8 Å². The number of benzene rings is 1. The minimum absolute atomic E-state index is 0.532. The second-order valence-corrected chi connectivity index (χ2v) is 6.16. The zero-order chi connectivity index (χ0) is 14.4. The molecule has 112 valence electrons. The molecule has 2 unspecified atom stereocenters. The largest absolute Gasteiger partial charge is 0.497 e. The van der Waals surface area contributed by atoms with Crippen molar-refractivity contribution in [2.75, 3.05) is 38.8 Å². The Kier molecular flexibility index (Phi) is 6.01. The van der Waals surface area contributed by atoms with Crippen LogP contribution in [-0.2, 0) is 0 Å². The normalized spacial score (nSPS) is 19.9. The number of rotatable bonds is 7. The average molecular weight is 297 g/mol. The molecule has 0 aliphatic carbocycles. The van der Waals surface area contributed by atoms with E-state index in [1.807, 2.05) is 30.0 Å². The van der Waals surface area contributed by atoms with Gasteiger partial charge in [-0.25, -0.2) is 0 Å². The molecule has 0 aromatic heterocycles. The van der Waals surface area contributed by atoms with Gasteiger partial charge in [0.1, 0.15) is 11.5 Å². The van der Waals surface area contributed by atoms with Gasteiger partial charge in [-0.3, -0.25) is 0 Å². The SMILES string of the molecule is COc1ccc(OC)c(C(O)CNCC2CCSC2)c1. The molecule has 0 saturated carbocycles. The smallest absolute Gasteiger partial charge is 0.124 e. The van der Waals surface area contributed by atoms with Gasteiger partial charge in [-0.15, -0.1) is 0 Å². The maximum absolute atomic E-state index is 10.3. The highest BCUT2D eigenvalue weighted by Gasteiger charge is 2.17. The minimum atomic E-state index is -0.589. The first-order valence-corrected chi connectivity index (χ1v) is 8.08. The van der Waals surface area contributed by atoms with Gasteiger partial charge < -0.3 is 19.9 Å². The highest BCUT2D eigenvalue weighted by Crippen LogP contribution is 2.29. The van der Waals surface area contributed by atoms with Crippen molar-refractivity contribution in [3.63, 3.8) is 0 Å². The van der Waals surface area contributed by atoms with E-state index in [4.69, 9.17) is 9.47 Å². The number of ether oxygens (including phenoxy) is 2. The summed E-state index contributed by atoms with van der Waals surface area (Å²) in [5.74, 6) is 4.65. The molecule has 1 aliphatic rings. The van der Waals surface area contributed by atoms with Crippen molar-refractivity contribution in [3.05, 3.63) is 23.8 Å². The number of aliphatic hydroxyl groups is 1. The van der Waals surface area contributed by atoms with Gasteiger partial charge in [-0.1, -0.05) is 0 Å². The second-order valence-electron chi connectivity index (χ2n) is 5.01. The van der Waals surface area contributed by atoms with E-state index in [9.17, 15) is 5.11 Å². The van der Waals surface area contributed by atoms with Crippen molar-refractivity contribution in [1.82, 2.24) is 5.32 Å². The lowest BCUT2D eigenvalue weighted by Gasteiger charge is -2.17. The Labute approximate surface area is 124 Å². The van der Waals surface area contributed by atoms with E-state index in [1.165, 1.54) is 17.9 Å². The Morgan fingerprint density at radius 1 is 1.40 bits per heavy atom. The fourth-order valence-electron chi connectivity index (χ4n) is 2.38. The fourth-order valence-corrected chi connectivity index (χ4v) is 3.66. The molecule has 20 heavy (non-hydrogen) atoms. The summed E-state index contributed by atoms with van der Waals surface area (Å²) in [6, 6.07) is 5.49. The van der Waals surface area contributed by atoms with Crippen molar-refractivity contribution in [1.29, 1.82) is 0 Å². The van der Waals surface area contributed by atoms with Crippen LogP contribution in [0.5, 0.6) is 11.5 Å². The van der Waals surface area contributed by atoms with Crippen LogP contribution in [0, 0.1) is 5.92 Å². The van der Waals surface area contributed by atoms with Gasteiger partial charge in [0.25, 0.3) is 0 Å². The van der Waals surface area contributed by atoms with Crippen LogP contribution in [0.4, 0.5) is 0 Å². The molecule has 1 fully saturated rings. The number of hydrogen-bond acceptors (Lipinski definition) is 5. The third-order valence-electron chi connectivity index (χ3n) is 3.59. The van der Waals surface area contributed by atoms with Crippen molar-refractivity contribution in [3.8, 4) is 11.5 Å².